The van der Waals surface area contributed by atoms with Crippen molar-refractivity contribution in [2.45, 2.75) is 69.0 Å². The maximum atomic E-state index is 10.4. The molecule has 20 heavy (non-hydrogen) atoms. The third-order valence-corrected chi connectivity index (χ3v) is 5.50. The number of thioether (sulfide) groups is 1. The van der Waals surface area contributed by atoms with Crippen molar-refractivity contribution < 1.29 is 10.2 Å². The largest absolute Gasteiger partial charge is 0.507 e. The number of para-hydroxylation sites is 1. The first-order valence-corrected chi connectivity index (χ1v) is 8.55. The molecule has 2 rings (SSSR count). The molecule has 1 saturated carbocycles. The van der Waals surface area contributed by atoms with Crippen molar-refractivity contribution in [2.24, 2.45) is 0 Å². The number of phenols is 1. The van der Waals surface area contributed by atoms with E-state index in [1.165, 1.54) is 6.42 Å². The number of aliphatic hydroxyl groups is 1. The fourth-order valence-electron chi connectivity index (χ4n) is 2.78. The molecular weight excluding hydrogens is 268 g/mol. The molecule has 2 atom stereocenters. The van der Waals surface area contributed by atoms with E-state index < -0.39 is 0 Å². The van der Waals surface area contributed by atoms with E-state index in [1.807, 2.05) is 18.2 Å². The zero-order valence-corrected chi connectivity index (χ0v) is 13.5. The van der Waals surface area contributed by atoms with Crippen LogP contribution in [0, 0.1) is 0 Å². The summed E-state index contributed by atoms with van der Waals surface area (Å²) in [6.07, 6.45) is 4.19. The van der Waals surface area contributed by atoms with Gasteiger partial charge in [-0.1, -0.05) is 51.8 Å². The average molecular weight is 294 g/mol. The van der Waals surface area contributed by atoms with Gasteiger partial charge in [0, 0.05) is 16.6 Å². The molecule has 2 nitrogen and oxygen atoms in total. The Kier molecular flexibility index (Phi) is 5.03. The molecule has 2 N–H and O–H groups in total. The molecule has 0 aromatic heterocycles. The van der Waals surface area contributed by atoms with Gasteiger partial charge in [-0.2, -0.15) is 11.8 Å². The lowest BCUT2D eigenvalue weighted by molar-refractivity contribution is 0.137. The summed E-state index contributed by atoms with van der Waals surface area (Å²) in [5.74, 6) is 1.20. The predicted octanol–water partition coefficient (Wildman–Crippen LogP) is 4.23. The lowest BCUT2D eigenvalue weighted by Gasteiger charge is -2.27. The van der Waals surface area contributed by atoms with E-state index in [0.717, 1.165) is 36.1 Å². The molecular formula is C17H26O2S. The third kappa shape index (κ3) is 3.70. The van der Waals surface area contributed by atoms with Gasteiger partial charge in [0.1, 0.15) is 5.75 Å². The minimum Gasteiger partial charge on any atom is -0.507 e. The molecule has 112 valence electrons. The Morgan fingerprint density at radius 2 is 1.90 bits per heavy atom. The lowest BCUT2D eigenvalue weighted by Crippen LogP contribution is -2.26. The van der Waals surface area contributed by atoms with Gasteiger partial charge in [0.25, 0.3) is 0 Å². The molecule has 1 aliphatic rings. The normalized spacial score (nSPS) is 23.8. The van der Waals surface area contributed by atoms with E-state index in [1.54, 1.807) is 11.8 Å². The van der Waals surface area contributed by atoms with Crippen LogP contribution in [0.3, 0.4) is 0 Å². The van der Waals surface area contributed by atoms with Gasteiger partial charge in [-0.15, -0.1) is 0 Å². The number of hydrogen-bond acceptors (Lipinski definition) is 3. The topological polar surface area (TPSA) is 40.5 Å². The highest BCUT2D eigenvalue weighted by atomic mass is 32.2. The Labute approximate surface area is 126 Å². The predicted molar refractivity (Wildman–Crippen MR) is 86.4 cm³/mol. The molecule has 0 saturated heterocycles. The maximum Gasteiger partial charge on any atom is 0.123 e. The van der Waals surface area contributed by atoms with Crippen molar-refractivity contribution in [2.75, 3.05) is 0 Å². The Morgan fingerprint density at radius 1 is 1.20 bits per heavy atom. The summed E-state index contributed by atoms with van der Waals surface area (Å²) >= 11 is 1.78. The molecule has 0 spiro atoms. The van der Waals surface area contributed by atoms with Gasteiger partial charge in [0.05, 0.1) is 6.10 Å². The van der Waals surface area contributed by atoms with Crippen molar-refractivity contribution in [3.8, 4) is 5.75 Å². The van der Waals surface area contributed by atoms with E-state index in [9.17, 15) is 10.2 Å². The van der Waals surface area contributed by atoms with Crippen LogP contribution in [0.1, 0.15) is 57.6 Å². The Morgan fingerprint density at radius 3 is 2.55 bits per heavy atom. The molecule has 0 heterocycles. The van der Waals surface area contributed by atoms with Crippen LogP contribution in [0.4, 0.5) is 0 Å². The first-order chi connectivity index (χ1) is 9.39. The van der Waals surface area contributed by atoms with Gasteiger partial charge in [0.2, 0.25) is 0 Å². The zero-order valence-electron chi connectivity index (χ0n) is 12.7. The molecule has 0 aliphatic heterocycles. The van der Waals surface area contributed by atoms with Crippen LogP contribution in [0.15, 0.2) is 18.2 Å². The van der Waals surface area contributed by atoms with Gasteiger partial charge < -0.3 is 10.2 Å². The molecule has 1 aromatic rings. The SMILES string of the molecule is CC(C)(C)c1cccc(CSC2CCCCC2O)c1O. The van der Waals surface area contributed by atoms with Gasteiger partial charge in [-0.25, -0.2) is 0 Å². The fourth-order valence-corrected chi connectivity index (χ4v) is 4.10. The van der Waals surface area contributed by atoms with E-state index in [2.05, 4.69) is 20.8 Å². The standard InChI is InChI=1S/C17H26O2S/c1-17(2,3)13-8-6-7-12(16(13)19)11-20-15-10-5-4-9-14(15)18/h6-8,14-15,18-19H,4-5,9-11H2,1-3H3. The van der Waals surface area contributed by atoms with Gasteiger partial charge in [-0.3, -0.25) is 0 Å². The molecule has 0 bridgehead atoms. The van der Waals surface area contributed by atoms with E-state index >= 15 is 0 Å². The maximum absolute atomic E-state index is 10.4. The Balaban J connectivity index is 2.06. The molecule has 1 fully saturated rings. The molecule has 0 amide bonds. The summed E-state index contributed by atoms with van der Waals surface area (Å²) in [7, 11) is 0. The summed E-state index contributed by atoms with van der Waals surface area (Å²) in [5.41, 5.74) is 1.94. The van der Waals surface area contributed by atoms with Crippen molar-refractivity contribution in [1.82, 2.24) is 0 Å². The summed E-state index contributed by atoms with van der Waals surface area (Å²) in [4.78, 5) is 0. The van der Waals surface area contributed by atoms with Crippen LogP contribution >= 0.6 is 11.8 Å². The summed E-state index contributed by atoms with van der Waals surface area (Å²) in [5, 5.41) is 20.8. The number of hydrogen-bond donors (Lipinski definition) is 2. The molecule has 0 radical (unpaired) electrons. The second kappa shape index (κ2) is 6.40. The van der Waals surface area contributed by atoms with Crippen LogP contribution in [0.5, 0.6) is 5.75 Å². The second-order valence-corrected chi connectivity index (χ2v) is 7.99. The second-order valence-electron chi connectivity index (χ2n) is 6.76. The van der Waals surface area contributed by atoms with E-state index in [4.69, 9.17) is 0 Å². The third-order valence-electron chi connectivity index (χ3n) is 4.05. The van der Waals surface area contributed by atoms with Crippen molar-refractivity contribution in [3.63, 3.8) is 0 Å². The zero-order chi connectivity index (χ0) is 14.8. The van der Waals surface area contributed by atoms with Crippen LogP contribution < -0.4 is 0 Å². The minimum absolute atomic E-state index is 0.0465. The minimum atomic E-state index is -0.179. The molecule has 1 aliphatic carbocycles. The highest BCUT2D eigenvalue weighted by Gasteiger charge is 2.24. The number of phenolic OH excluding ortho intramolecular Hbond substituents is 1. The number of aromatic hydroxyl groups is 1. The van der Waals surface area contributed by atoms with Crippen molar-refractivity contribution in [1.29, 1.82) is 0 Å². The summed E-state index contributed by atoms with van der Waals surface area (Å²) < 4.78 is 0. The smallest absolute Gasteiger partial charge is 0.123 e. The van der Waals surface area contributed by atoms with Gasteiger partial charge in [0.15, 0.2) is 0 Å². The van der Waals surface area contributed by atoms with Crippen molar-refractivity contribution in [3.05, 3.63) is 29.3 Å². The number of aliphatic hydroxyl groups excluding tert-OH is 1. The van der Waals surface area contributed by atoms with E-state index in [-0.39, 0.29) is 11.5 Å². The number of rotatable bonds is 3. The van der Waals surface area contributed by atoms with Crippen LogP contribution in [-0.2, 0) is 11.2 Å². The van der Waals surface area contributed by atoms with Crippen LogP contribution in [0.25, 0.3) is 0 Å². The van der Waals surface area contributed by atoms with E-state index in [0.29, 0.717) is 11.0 Å². The molecule has 1 aromatic carbocycles. The Hall–Kier alpha value is -0.670. The molecule has 3 heteroatoms. The van der Waals surface area contributed by atoms with Crippen molar-refractivity contribution >= 4 is 11.8 Å². The van der Waals surface area contributed by atoms with Gasteiger partial charge in [-0.05, 0) is 23.8 Å². The summed E-state index contributed by atoms with van der Waals surface area (Å²) in [6, 6.07) is 6.01. The van der Waals surface area contributed by atoms with Gasteiger partial charge >= 0.3 is 0 Å². The molecule has 2 unspecified atom stereocenters. The fraction of sp³-hybridized carbons (Fsp3) is 0.647. The Bertz CT molecular complexity index is 451. The lowest BCUT2D eigenvalue weighted by atomic mass is 9.85. The first kappa shape index (κ1) is 15.7. The van der Waals surface area contributed by atoms with Crippen LogP contribution in [0.2, 0.25) is 0 Å². The first-order valence-electron chi connectivity index (χ1n) is 7.50. The quantitative estimate of drug-likeness (QED) is 0.876. The van der Waals surface area contributed by atoms with Crippen LogP contribution in [-0.4, -0.2) is 21.6 Å². The highest BCUT2D eigenvalue weighted by Crippen LogP contribution is 2.37. The monoisotopic (exact) mass is 294 g/mol. The highest BCUT2D eigenvalue weighted by molar-refractivity contribution is 7.99. The summed E-state index contributed by atoms with van der Waals surface area (Å²) in [6.45, 7) is 6.34. The number of benzene rings is 1. The average Bonchev–Trinajstić information content (AvgIpc) is 2.38.